The number of aliphatic carboxylic acids is 1. The first kappa shape index (κ1) is 24.2. The van der Waals surface area contributed by atoms with E-state index in [2.05, 4.69) is 20.6 Å². The molecule has 1 fully saturated rings. The maximum absolute atomic E-state index is 12.8. The number of carbonyl (C=O) groups excluding carboxylic acids is 2. The summed E-state index contributed by atoms with van der Waals surface area (Å²) in [6.07, 6.45) is 2.32. The Labute approximate surface area is 205 Å². The second kappa shape index (κ2) is 9.71. The minimum atomic E-state index is -1.19. The molecule has 2 aromatic rings. The number of aryl methyl sites for hydroxylation is 1. The van der Waals surface area contributed by atoms with Gasteiger partial charge in [-0.2, -0.15) is 5.10 Å². The Morgan fingerprint density at radius 3 is 2.82 bits per heavy atom. The van der Waals surface area contributed by atoms with Gasteiger partial charge < -0.3 is 10.4 Å². The van der Waals surface area contributed by atoms with Crippen molar-refractivity contribution in [2.24, 2.45) is 5.92 Å². The Morgan fingerprint density at radius 1 is 1.44 bits per heavy atom. The topological polar surface area (TPSA) is 173 Å². The molecule has 0 aromatic carbocycles. The molecule has 2 aromatic heterocycles. The first-order valence-corrected chi connectivity index (χ1v) is 12.8. The molecule has 13 nitrogen and oxygen atoms in total. The van der Waals surface area contributed by atoms with Gasteiger partial charge in [0.15, 0.2) is 4.34 Å². The van der Waals surface area contributed by atoms with Crippen LogP contribution in [0.15, 0.2) is 28.0 Å². The molecule has 0 bridgehead atoms. The van der Waals surface area contributed by atoms with Crippen molar-refractivity contribution >= 4 is 58.3 Å². The van der Waals surface area contributed by atoms with E-state index in [-0.39, 0.29) is 17.9 Å². The fourth-order valence-electron chi connectivity index (χ4n) is 3.49. The number of thioether (sulfide) groups is 2. The highest BCUT2D eigenvalue weighted by Crippen LogP contribution is 2.41. The summed E-state index contributed by atoms with van der Waals surface area (Å²) in [7, 11) is 0. The lowest BCUT2D eigenvalue weighted by Gasteiger charge is -2.49. The van der Waals surface area contributed by atoms with E-state index in [4.69, 9.17) is 0 Å². The van der Waals surface area contributed by atoms with Crippen LogP contribution in [0, 0.1) is 23.0 Å². The van der Waals surface area contributed by atoms with Crippen molar-refractivity contribution in [3.05, 3.63) is 38.8 Å². The molecule has 2 aliphatic rings. The number of carbonyl (C=O) groups is 3. The molecule has 4 rings (SSSR count). The fourth-order valence-corrected chi connectivity index (χ4v) is 6.79. The highest BCUT2D eigenvalue weighted by molar-refractivity contribution is 8.01. The quantitative estimate of drug-likeness (QED) is 0.208. The molecule has 34 heavy (non-hydrogen) atoms. The van der Waals surface area contributed by atoms with Crippen LogP contribution in [-0.4, -0.2) is 75.6 Å². The first-order chi connectivity index (χ1) is 16.2. The summed E-state index contributed by atoms with van der Waals surface area (Å²) in [5.41, 5.74) is 0.377. The maximum atomic E-state index is 12.8. The highest BCUT2D eigenvalue weighted by atomic mass is 32.2. The van der Waals surface area contributed by atoms with E-state index in [1.54, 1.807) is 6.92 Å². The van der Waals surface area contributed by atoms with Crippen LogP contribution in [0.2, 0.25) is 0 Å². The van der Waals surface area contributed by atoms with Crippen molar-refractivity contribution in [3.8, 4) is 0 Å². The monoisotopic (exact) mass is 525 g/mol. The summed E-state index contributed by atoms with van der Waals surface area (Å²) in [6.45, 7) is 3.54. The normalized spacial score (nSPS) is 20.5. The van der Waals surface area contributed by atoms with Crippen LogP contribution < -0.4 is 5.32 Å². The zero-order chi connectivity index (χ0) is 24.6. The van der Waals surface area contributed by atoms with Gasteiger partial charge in [0.25, 0.3) is 5.91 Å². The van der Waals surface area contributed by atoms with Crippen molar-refractivity contribution in [1.29, 1.82) is 0 Å². The molecule has 1 saturated heterocycles. The van der Waals surface area contributed by atoms with E-state index in [1.807, 2.05) is 6.92 Å². The van der Waals surface area contributed by atoms with Gasteiger partial charge in [-0.05, 0) is 12.5 Å². The van der Waals surface area contributed by atoms with E-state index in [1.165, 1.54) is 50.6 Å². The number of aromatic nitrogens is 4. The summed E-state index contributed by atoms with van der Waals surface area (Å²) < 4.78 is 2.01. The Hall–Kier alpha value is -2.98. The molecule has 16 heteroatoms. The molecule has 2 N–H and O–H groups in total. The van der Waals surface area contributed by atoms with E-state index in [9.17, 15) is 29.6 Å². The number of hydrogen-bond acceptors (Lipinski definition) is 11. The second-order valence-electron chi connectivity index (χ2n) is 7.61. The lowest BCUT2D eigenvalue weighted by atomic mass is 10.0. The number of rotatable bonds is 9. The van der Waals surface area contributed by atoms with E-state index in [0.717, 1.165) is 15.5 Å². The average Bonchev–Trinajstić information content (AvgIpc) is 3.43. The summed E-state index contributed by atoms with van der Waals surface area (Å²) in [5, 5.41) is 35.4. The van der Waals surface area contributed by atoms with Gasteiger partial charge in [-0.15, -0.1) is 22.0 Å². The number of carboxylic acid groups (broad SMARTS) is 1. The first-order valence-electron chi connectivity index (χ1n) is 9.95. The number of nitrogens with zero attached hydrogens (tertiary/aromatic N) is 6. The maximum Gasteiger partial charge on any atom is 0.352 e. The van der Waals surface area contributed by atoms with Crippen molar-refractivity contribution < 1.29 is 24.4 Å². The minimum absolute atomic E-state index is 0.0510. The van der Waals surface area contributed by atoms with Gasteiger partial charge >= 0.3 is 11.7 Å². The molecule has 0 spiro atoms. The molecule has 2 aliphatic heterocycles. The third-order valence-corrected chi connectivity index (χ3v) is 8.56. The van der Waals surface area contributed by atoms with Crippen LogP contribution in [0.3, 0.4) is 0 Å². The molecular formula is C18H19N7O6S3. The SMILES string of the molecule is Cc1nnc(SCC2=C(C(=O)O)N3C(=O)[C@H](NC(=O)[C@H](C)Cn4cc([N+](=O)[O-])cn4)[C@H]3SC2)s1. The van der Waals surface area contributed by atoms with Gasteiger partial charge in [-0.1, -0.05) is 30.0 Å². The smallest absolute Gasteiger partial charge is 0.352 e. The van der Waals surface area contributed by atoms with Crippen molar-refractivity contribution in [3.63, 3.8) is 0 Å². The summed E-state index contributed by atoms with van der Waals surface area (Å²) >= 11 is 4.17. The Bertz CT molecular complexity index is 1190. The van der Waals surface area contributed by atoms with Gasteiger partial charge in [0.05, 0.1) is 17.4 Å². The van der Waals surface area contributed by atoms with Crippen LogP contribution in [0.5, 0.6) is 0 Å². The Kier molecular flexibility index (Phi) is 6.90. The molecule has 0 radical (unpaired) electrons. The number of β-lactam (4-membered cyclic amide) rings is 1. The van der Waals surface area contributed by atoms with E-state index < -0.39 is 40.0 Å². The van der Waals surface area contributed by atoms with E-state index in [0.29, 0.717) is 17.1 Å². The third kappa shape index (κ3) is 4.78. The van der Waals surface area contributed by atoms with Gasteiger partial charge in [-0.25, -0.2) is 4.79 Å². The fraction of sp³-hybridized carbons (Fsp3) is 0.444. The molecule has 0 saturated carbocycles. The molecule has 2 amide bonds. The predicted molar refractivity (Wildman–Crippen MR) is 123 cm³/mol. The summed E-state index contributed by atoms with van der Waals surface area (Å²) in [6, 6.07) is -0.846. The number of hydrogen-bond donors (Lipinski definition) is 2. The number of fused-ring (bicyclic) bond motifs is 1. The summed E-state index contributed by atoms with van der Waals surface area (Å²) in [5.74, 6) is -1.96. The van der Waals surface area contributed by atoms with Crippen LogP contribution in [0.25, 0.3) is 0 Å². The molecule has 0 aliphatic carbocycles. The average molecular weight is 526 g/mol. The number of nitro groups is 1. The third-order valence-electron chi connectivity index (χ3n) is 5.16. The van der Waals surface area contributed by atoms with Gasteiger partial charge in [0.1, 0.15) is 34.5 Å². The predicted octanol–water partition coefficient (Wildman–Crippen LogP) is 1.12. The molecular weight excluding hydrogens is 506 g/mol. The highest BCUT2D eigenvalue weighted by Gasteiger charge is 2.54. The Morgan fingerprint density at radius 2 is 2.21 bits per heavy atom. The zero-order valence-electron chi connectivity index (χ0n) is 17.9. The lowest BCUT2D eigenvalue weighted by molar-refractivity contribution is -0.385. The van der Waals surface area contributed by atoms with Crippen molar-refractivity contribution in [2.75, 3.05) is 11.5 Å². The van der Waals surface area contributed by atoms with Crippen LogP contribution in [0.1, 0.15) is 11.9 Å². The number of carboxylic acids is 1. The van der Waals surface area contributed by atoms with Crippen LogP contribution in [-0.2, 0) is 20.9 Å². The van der Waals surface area contributed by atoms with E-state index >= 15 is 0 Å². The summed E-state index contributed by atoms with van der Waals surface area (Å²) in [4.78, 5) is 48.8. The second-order valence-corrected chi connectivity index (χ2v) is 11.1. The molecule has 0 unspecified atom stereocenters. The van der Waals surface area contributed by atoms with Gasteiger partial charge in [0, 0.05) is 11.5 Å². The Balaban J connectivity index is 1.39. The zero-order valence-corrected chi connectivity index (χ0v) is 20.4. The molecule has 3 atom stereocenters. The number of amides is 2. The standard InChI is InChI=1S/C18H19N7O6S3/c1-8(4-23-5-11(3-19-23)25(30)31)14(26)20-12-15(27)24-13(17(28)29)10(6-32-16(12)24)7-33-18-22-21-9(2)34-18/h3,5,8,12,16H,4,6-7H2,1-2H3,(H,20,26)(H,28,29)/t8-,12+,16-/m1/s1. The van der Waals surface area contributed by atoms with Gasteiger partial charge in [-0.3, -0.25) is 29.3 Å². The van der Waals surface area contributed by atoms with Crippen molar-refractivity contribution in [1.82, 2.24) is 30.2 Å². The minimum Gasteiger partial charge on any atom is -0.477 e. The molecule has 4 heterocycles. The molecule has 180 valence electrons. The lowest BCUT2D eigenvalue weighted by Crippen LogP contribution is -2.71. The van der Waals surface area contributed by atoms with Crippen LogP contribution >= 0.6 is 34.9 Å². The van der Waals surface area contributed by atoms with Crippen LogP contribution in [0.4, 0.5) is 5.69 Å². The largest absolute Gasteiger partial charge is 0.477 e. The number of nitrogens with one attached hydrogen (secondary N) is 1. The van der Waals surface area contributed by atoms with Crippen molar-refractivity contribution in [2.45, 2.75) is 36.1 Å². The van der Waals surface area contributed by atoms with Gasteiger partial charge in [0.2, 0.25) is 5.91 Å².